The van der Waals surface area contributed by atoms with Gasteiger partial charge in [-0.2, -0.15) is 9.61 Å². The van der Waals surface area contributed by atoms with E-state index in [1.165, 1.54) is 0 Å². The van der Waals surface area contributed by atoms with Gasteiger partial charge < -0.3 is 10.2 Å². The lowest BCUT2D eigenvalue weighted by atomic mass is 9.94. The van der Waals surface area contributed by atoms with Crippen molar-refractivity contribution in [2.24, 2.45) is 0 Å². The van der Waals surface area contributed by atoms with Gasteiger partial charge in [-0.25, -0.2) is 4.98 Å². The monoisotopic (exact) mass is 536 g/mol. The van der Waals surface area contributed by atoms with Gasteiger partial charge in [-0.05, 0) is 58.8 Å². The van der Waals surface area contributed by atoms with Crippen LogP contribution in [0.1, 0.15) is 40.4 Å². The van der Waals surface area contributed by atoms with Gasteiger partial charge in [0.25, 0.3) is 5.91 Å². The fraction of sp³-hybridized carbons (Fsp3) is 0.280. The highest BCUT2D eigenvalue weighted by atomic mass is 79.9. The van der Waals surface area contributed by atoms with Crippen molar-refractivity contribution in [1.29, 1.82) is 0 Å². The van der Waals surface area contributed by atoms with E-state index in [1.54, 1.807) is 24.2 Å². The van der Waals surface area contributed by atoms with Gasteiger partial charge in [0.15, 0.2) is 5.65 Å². The number of likely N-dealkylation sites (tertiary alicyclic amines) is 1. The number of fused-ring (bicyclic) bond motifs is 1. The quantitative estimate of drug-likeness (QED) is 0.339. The molecular weight excluding hydrogens is 512 g/mol. The van der Waals surface area contributed by atoms with Gasteiger partial charge in [0, 0.05) is 48.9 Å². The Labute approximate surface area is 211 Å². The molecule has 7 nitrogen and oxygen atoms in total. The Morgan fingerprint density at radius 1 is 1.24 bits per heavy atom. The van der Waals surface area contributed by atoms with E-state index >= 15 is 0 Å². The summed E-state index contributed by atoms with van der Waals surface area (Å²) in [5.74, 6) is 1.12. The summed E-state index contributed by atoms with van der Waals surface area (Å²) in [5.41, 5.74) is 3.60. The molecule has 1 unspecified atom stereocenters. The van der Waals surface area contributed by atoms with Crippen LogP contribution in [0, 0.1) is 0 Å². The van der Waals surface area contributed by atoms with E-state index in [1.807, 2.05) is 58.3 Å². The fourth-order valence-corrected chi connectivity index (χ4v) is 5.32. The number of benzene rings is 1. The van der Waals surface area contributed by atoms with E-state index in [0.717, 1.165) is 57.0 Å². The van der Waals surface area contributed by atoms with E-state index in [0.29, 0.717) is 13.1 Å². The van der Waals surface area contributed by atoms with Gasteiger partial charge in [-0.15, -0.1) is 11.8 Å². The van der Waals surface area contributed by atoms with Crippen LogP contribution >= 0.6 is 27.7 Å². The molecule has 3 aromatic heterocycles. The number of nitrogens with zero attached hydrogens (tertiary/aromatic N) is 5. The van der Waals surface area contributed by atoms with Crippen molar-refractivity contribution in [2.45, 2.75) is 30.2 Å². The Morgan fingerprint density at radius 3 is 2.94 bits per heavy atom. The van der Waals surface area contributed by atoms with Crippen LogP contribution in [0.25, 0.3) is 5.65 Å². The van der Waals surface area contributed by atoms with Crippen molar-refractivity contribution < 1.29 is 4.79 Å². The molecule has 0 saturated carbocycles. The van der Waals surface area contributed by atoms with E-state index in [-0.39, 0.29) is 11.8 Å². The largest absolute Gasteiger partial charge is 0.366 e. The summed E-state index contributed by atoms with van der Waals surface area (Å²) >= 11 is 5.19. The summed E-state index contributed by atoms with van der Waals surface area (Å²) in [5, 5.41) is 7.97. The maximum Gasteiger partial charge on any atom is 0.255 e. The number of halogens is 1. The predicted molar refractivity (Wildman–Crippen MR) is 138 cm³/mol. The van der Waals surface area contributed by atoms with Crippen molar-refractivity contribution in [3.05, 3.63) is 82.3 Å². The highest BCUT2D eigenvalue weighted by Gasteiger charge is 2.28. The number of hydrogen-bond acceptors (Lipinski definition) is 6. The van der Waals surface area contributed by atoms with Crippen LogP contribution in [0.4, 0.5) is 5.82 Å². The molecule has 1 N–H and O–H groups in total. The van der Waals surface area contributed by atoms with E-state index < -0.39 is 0 Å². The minimum atomic E-state index is 0.0937. The summed E-state index contributed by atoms with van der Waals surface area (Å²) in [6.45, 7) is 2.05. The lowest BCUT2D eigenvalue weighted by Crippen LogP contribution is -2.39. The Hall–Kier alpha value is -2.91. The maximum atomic E-state index is 13.4. The third-order valence-corrected chi connectivity index (χ3v) is 7.46. The number of carbonyl (C=O) groups excluding carboxylic acids is 1. The van der Waals surface area contributed by atoms with E-state index in [2.05, 4.69) is 37.4 Å². The number of carbonyl (C=O) groups is 1. The zero-order chi connectivity index (χ0) is 23.5. The first-order valence-electron chi connectivity index (χ1n) is 11.2. The standard InChI is InChI=1S/C25H25BrN6OS/c1-34-22-9-3-2-8-19(22)25(33)31-11-5-7-18(16-31)21-12-23(28-14-17-6-4-10-27-13-17)32-24(30-21)20(26)15-29-32/h2-4,6,8-10,12-13,15,18,28H,5,7,11,14,16H2,1H3. The molecule has 174 valence electrons. The molecule has 1 aromatic carbocycles. The molecule has 1 aliphatic heterocycles. The molecule has 9 heteroatoms. The number of amides is 1. The number of rotatable bonds is 6. The molecule has 4 aromatic rings. The number of thioether (sulfide) groups is 1. The Balaban J connectivity index is 1.41. The highest BCUT2D eigenvalue weighted by molar-refractivity contribution is 9.10. The third-order valence-electron chi connectivity index (χ3n) is 6.11. The van der Waals surface area contributed by atoms with Crippen LogP contribution in [0.3, 0.4) is 0 Å². The SMILES string of the molecule is CSc1ccccc1C(=O)N1CCCC(c2cc(NCc3cccnc3)n3ncc(Br)c3n2)C1. The summed E-state index contributed by atoms with van der Waals surface area (Å²) in [6.07, 6.45) is 9.33. The fourth-order valence-electron chi connectivity index (χ4n) is 4.38. The molecule has 1 aliphatic rings. The Bertz CT molecular complexity index is 1310. The molecule has 1 fully saturated rings. The molecule has 1 saturated heterocycles. The second-order valence-electron chi connectivity index (χ2n) is 8.30. The average Bonchev–Trinajstić information content (AvgIpc) is 3.28. The van der Waals surface area contributed by atoms with Crippen LogP contribution in [0.5, 0.6) is 0 Å². The number of nitrogens with one attached hydrogen (secondary N) is 1. The molecule has 0 spiro atoms. The van der Waals surface area contributed by atoms with Gasteiger partial charge in [0.1, 0.15) is 5.82 Å². The molecule has 34 heavy (non-hydrogen) atoms. The van der Waals surface area contributed by atoms with Crippen molar-refractivity contribution >= 4 is 45.1 Å². The number of hydrogen-bond donors (Lipinski definition) is 1. The summed E-state index contributed by atoms with van der Waals surface area (Å²) < 4.78 is 2.65. The smallest absolute Gasteiger partial charge is 0.255 e. The van der Waals surface area contributed by atoms with Gasteiger partial charge in [-0.1, -0.05) is 18.2 Å². The van der Waals surface area contributed by atoms with Crippen LogP contribution in [0.2, 0.25) is 0 Å². The average molecular weight is 537 g/mol. The van der Waals surface area contributed by atoms with Crippen molar-refractivity contribution in [3.63, 3.8) is 0 Å². The second kappa shape index (κ2) is 10.1. The zero-order valence-electron chi connectivity index (χ0n) is 18.8. The predicted octanol–water partition coefficient (Wildman–Crippen LogP) is 5.24. The first kappa shape index (κ1) is 22.9. The minimum Gasteiger partial charge on any atom is -0.366 e. The highest BCUT2D eigenvalue weighted by Crippen LogP contribution is 2.31. The summed E-state index contributed by atoms with van der Waals surface area (Å²) in [7, 11) is 0. The van der Waals surface area contributed by atoms with Crippen LogP contribution in [-0.4, -0.2) is 49.7 Å². The van der Waals surface area contributed by atoms with Crippen LogP contribution in [0.15, 0.2) is 70.4 Å². The van der Waals surface area contributed by atoms with Crippen LogP contribution < -0.4 is 5.32 Å². The number of pyridine rings is 1. The topological polar surface area (TPSA) is 75.4 Å². The molecule has 1 amide bonds. The van der Waals surface area contributed by atoms with Crippen molar-refractivity contribution in [1.82, 2.24) is 24.5 Å². The van der Waals surface area contributed by atoms with Gasteiger partial charge in [-0.3, -0.25) is 9.78 Å². The first-order chi connectivity index (χ1) is 16.6. The molecule has 1 atom stereocenters. The van der Waals surface area contributed by atoms with E-state index in [9.17, 15) is 4.79 Å². The molecule has 4 heterocycles. The van der Waals surface area contributed by atoms with E-state index in [4.69, 9.17) is 4.98 Å². The Morgan fingerprint density at radius 2 is 2.12 bits per heavy atom. The summed E-state index contributed by atoms with van der Waals surface area (Å²) in [6, 6.07) is 13.9. The molecule has 0 radical (unpaired) electrons. The number of aromatic nitrogens is 4. The van der Waals surface area contributed by atoms with Gasteiger partial charge in [0.2, 0.25) is 0 Å². The van der Waals surface area contributed by atoms with Crippen molar-refractivity contribution in [2.75, 3.05) is 24.7 Å². The lowest BCUT2D eigenvalue weighted by molar-refractivity contribution is 0.0702. The van der Waals surface area contributed by atoms with Crippen LogP contribution in [-0.2, 0) is 6.54 Å². The zero-order valence-corrected chi connectivity index (χ0v) is 21.2. The molecule has 0 bridgehead atoms. The minimum absolute atomic E-state index is 0.0937. The third kappa shape index (κ3) is 4.67. The normalized spacial score (nSPS) is 16.1. The number of anilines is 1. The second-order valence-corrected chi connectivity index (χ2v) is 10.0. The Kier molecular flexibility index (Phi) is 6.82. The number of piperidine rings is 1. The lowest BCUT2D eigenvalue weighted by Gasteiger charge is -2.33. The first-order valence-corrected chi connectivity index (χ1v) is 13.2. The molecule has 5 rings (SSSR count). The molecule has 0 aliphatic carbocycles. The van der Waals surface area contributed by atoms with Crippen molar-refractivity contribution in [3.8, 4) is 0 Å². The summed E-state index contributed by atoms with van der Waals surface area (Å²) in [4.78, 5) is 25.5. The maximum absolute atomic E-state index is 13.4. The van der Waals surface area contributed by atoms with Gasteiger partial charge >= 0.3 is 0 Å². The van der Waals surface area contributed by atoms with Gasteiger partial charge in [0.05, 0.1) is 21.9 Å². The molecular formula is C25H25BrN6OS.